The Morgan fingerprint density at radius 3 is 2.30 bits per heavy atom. The Kier molecular flexibility index (Phi) is 6.42. The minimum Gasteiger partial charge on any atom is -0.355 e. The van der Waals surface area contributed by atoms with Crippen molar-refractivity contribution in [1.82, 2.24) is 14.9 Å². The Labute approximate surface area is 122 Å². The number of carbonyl (C=O) groups is 1. The fourth-order valence-electron chi connectivity index (χ4n) is 2.62. The number of sulfonamides is 1. The molecular formula is C13H27N3O3S. The van der Waals surface area contributed by atoms with Crippen molar-refractivity contribution in [2.45, 2.75) is 44.1 Å². The number of carbonyl (C=O) groups excluding carboxylic acids is 1. The highest BCUT2D eigenvalue weighted by Crippen LogP contribution is 2.30. The molecule has 1 saturated carbocycles. The molecule has 1 amide bonds. The quantitative estimate of drug-likeness (QED) is 0.709. The smallest absolute Gasteiger partial charge is 0.221 e. The summed E-state index contributed by atoms with van der Waals surface area (Å²) in [4.78, 5) is 12.0. The first-order valence-corrected chi connectivity index (χ1v) is 8.78. The summed E-state index contributed by atoms with van der Waals surface area (Å²) in [6.07, 6.45) is 5.95. The van der Waals surface area contributed by atoms with Crippen molar-refractivity contribution in [3.05, 3.63) is 0 Å². The summed E-state index contributed by atoms with van der Waals surface area (Å²) in [6.45, 7) is 0.166. The first-order chi connectivity index (χ1) is 9.31. The summed E-state index contributed by atoms with van der Waals surface area (Å²) in [5.41, 5.74) is -0.108. The summed E-state index contributed by atoms with van der Waals surface area (Å²) >= 11 is 0. The molecule has 0 spiro atoms. The summed E-state index contributed by atoms with van der Waals surface area (Å²) in [5.74, 6) is -0.131. The van der Waals surface area contributed by atoms with Crippen LogP contribution in [0.5, 0.6) is 0 Å². The maximum atomic E-state index is 12.0. The molecule has 0 bridgehead atoms. The topological polar surface area (TPSA) is 78.5 Å². The number of hydrogen-bond donors (Lipinski definition) is 2. The van der Waals surface area contributed by atoms with Gasteiger partial charge in [0.1, 0.15) is 0 Å². The predicted molar refractivity (Wildman–Crippen MR) is 80.0 cm³/mol. The van der Waals surface area contributed by atoms with Crippen molar-refractivity contribution >= 4 is 15.9 Å². The van der Waals surface area contributed by atoms with Crippen LogP contribution in [0.2, 0.25) is 0 Å². The molecule has 0 aliphatic heterocycles. The van der Waals surface area contributed by atoms with Gasteiger partial charge in [0.25, 0.3) is 0 Å². The van der Waals surface area contributed by atoms with Crippen LogP contribution >= 0.6 is 0 Å². The molecule has 2 N–H and O–H groups in total. The van der Waals surface area contributed by atoms with E-state index in [2.05, 4.69) is 10.6 Å². The van der Waals surface area contributed by atoms with Gasteiger partial charge in [-0.3, -0.25) is 4.79 Å². The highest BCUT2D eigenvalue weighted by molar-refractivity contribution is 7.89. The molecule has 1 rings (SSSR count). The van der Waals surface area contributed by atoms with E-state index < -0.39 is 10.0 Å². The summed E-state index contributed by atoms with van der Waals surface area (Å²) in [7, 11) is 1.64. The summed E-state index contributed by atoms with van der Waals surface area (Å²) < 4.78 is 24.3. The predicted octanol–water partition coefficient (Wildman–Crippen LogP) is 0.306. The molecule has 0 aromatic carbocycles. The van der Waals surface area contributed by atoms with E-state index in [1.54, 1.807) is 0 Å². The second-order valence-electron chi connectivity index (χ2n) is 5.72. The van der Waals surface area contributed by atoms with Crippen molar-refractivity contribution < 1.29 is 13.2 Å². The van der Waals surface area contributed by atoms with Gasteiger partial charge >= 0.3 is 0 Å². The molecule has 1 fully saturated rings. The number of hydrogen-bond acceptors (Lipinski definition) is 4. The molecule has 0 radical (unpaired) electrons. The van der Waals surface area contributed by atoms with Gasteiger partial charge in [-0.05, 0) is 19.9 Å². The van der Waals surface area contributed by atoms with Crippen LogP contribution in [-0.2, 0) is 14.8 Å². The average Bonchev–Trinajstić information content (AvgIpc) is 2.39. The van der Waals surface area contributed by atoms with Gasteiger partial charge in [0.15, 0.2) is 0 Å². The zero-order valence-corrected chi connectivity index (χ0v) is 13.6. The summed E-state index contributed by atoms with van der Waals surface area (Å²) in [5, 5.41) is 6.00. The van der Waals surface area contributed by atoms with Gasteiger partial charge in [0, 0.05) is 32.6 Å². The average molecular weight is 305 g/mol. The van der Waals surface area contributed by atoms with Gasteiger partial charge < -0.3 is 10.6 Å². The van der Waals surface area contributed by atoms with E-state index in [9.17, 15) is 13.2 Å². The Balaban J connectivity index is 2.40. The van der Waals surface area contributed by atoms with E-state index >= 15 is 0 Å². The van der Waals surface area contributed by atoms with E-state index in [1.165, 1.54) is 24.8 Å². The van der Waals surface area contributed by atoms with Crippen molar-refractivity contribution in [3.8, 4) is 0 Å². The first-order valence-electron chi connectivity index (χ1n) is 7.17. The molecule has 1 aliphatic rings. The highest BCUT2D eigenvalue weighted by atomic mass is 32.2. The fraction of sp³-hybridized carbons (Fsp3) is 0.923. The van der Waals surface area contributed by atoms with Gasteiger partial charge in [-0.15, -0.1) is 0 Å². The SMILES string of the molecule is CNC1(CC(=O)NCCS(=O)(=O)N(C)C)CCCCC1. The van der Waals surface area contributed by atoms with Crippen molar-refractivity contribution in [2.75, 3.05) is 33.4 Å². The Bertz CT molecular complexity index is 415. The second-order valence-corrected chi connectivity index (χ2v) is 8.02. The minimum atomic E-state index is -3.24. The lowest BCUT2D eigenvalue weighted by atomic mass is 9.79. The monoisotopic (exact) mass is 305 g/mol. The zero-order valence-electron chi connectivity index (χ0n) is 12.7. The van der Waals surface area contributed by atoms with Gasteiger partial charge in [-0.25, -0.2) is 12.7 Å². The number of nitrogens with zero attached hydrogens (tertiary/aromatic N) is 1. The Hall–Kier alpha value is -0.660. The standard InChI is InChI=1S/C13H27N3O3S/c1-14-13(7-5-4-6-8-13)11-12(17)15-9-10-20(18,19)16(2)3/h14H,4-11H2,1-3H3,(H,15,17). The zero-order chi connectivity index (χ0) is 15.2. The molecule has 20 heavy (non-hydrogen) atoms. The van der Waals surface area contributed by atoms with Gasteiger partial charge in [0.05, 0.1) is 5.75 Å². The summed E-state index contributed by atoms with van der Waals surface area (Å²) in [6, 6.07) is 0. The van der Waals surface area contributed by atoms with Gasteiger partial charge in [0.2, 0.25) is 15.9 Å². The number of rotatable bonds is 7. The molecule has 0 saturated heterocycles. The number of amides is 1. The molecule has 0 atom stereocenters. The van der Waals surface area contributed by atoms with Crippen molar-refractivity contribution in [1.29, 1.82) is 0 Å². The molecule has 0 heterocycles. The maximum absolute atomic E-state index is 12.0. The Morgan fingerprint density at radius 1 is 1.20 bits per heavy atom. The fourth-order valence-corrected chi connectivity index (χ4v) is 3.34. The van der Waals surface area contributed by atoms with Crippen molar-refractivity contribution in [2.24, 2.45) is 0 Å². The van der Waals surface area contributed by atoms with Crippen LogP contribution in [-0.4, -0.2) is 57.6 Å². The van der Waals surface area contributed by atoms with Crippen LogP contribution in [0.15, 0.2) is 0 Å². The molecule has 1 aliphatic carbocycles. The lowest BCUT2D eigenvalue weighted by Gasteiger charge is -2.36. The van der Waals surface area contributed by atoms with E-state index in [1.807, 2.05) is 7.05 Å². The van der Waals surface area contributed by atoms with Crippen LogP contribution in [0, 0.1) is 0 Å². The van der Waals surface area contributed by atoms with E-state index in [4.69, 9.17) is 0 Å². The molecule has 7 heteroatoms. The molecule has 0 unspecified atom stereocenters. The molecule has 6 nitrogen and oxygen atoms in total. The third kappa shape index (κ3) is 5.03. The van der Waals surface area contributed by atoms with Crippen LogP contribution < -0.4 is 10.6 Å². The maximum Gasteiger partial charge on any atom is 0.221 e. The van der Waals surface area contributed by atoms with Crippen LogP contribution in [0.1, 0.15) is 38.5 Å². The third-order valence-corrected chi connectivity index (χ3v) is 5.91. The van der Waals surface area contributed by atoms with E-state index in [0.29, 0.717) is 6.42 Å². The van der Waals surface area contributed by atoms with Crippen LogP contribution in [0.25, 0.3) is 0 Å². The Morgan fingerprint density at radius 2 is 1.80 bits per heavy atom. The van der Waals surface area contributed by atoms with Gasteiger partial charge in [-0.1, -0.05) is 19.3 Å². The van der Waals surface area contributed by atoms with Gasteiger partial charge in [-0.2, -0.15) is 0 Å². The second kappa shape index (κ2) is 7.38. The largest absolute Gasteiger partial charge is 0.355 e. The number of nitrogens with one attached hydrogen (secondary N) is 2. The first kappa shape index (κ1) is 17.4. The van der Waals surface area contributed by atoms with E-state index in [0.717, 1.165) is 25.7 Å². The van der Waals surface area contributed by atoms with Crippen LogP contribution in [0.3, 0.4) is 0 Å². The molecule has 0 aromatic heterocycles. The minimum absolute atomic E-state index is 0.0572. The molecule has 0 aromatic rings. The van der Waals surface area contributed by atoms with E-state index in [-0.39, 0.29) is 23.7 Å². The lowest BCUT2D eigenvalue weighted by molar-refractivity contribution is -0.122. The highest BCUT2D eigenvalue weighted by Gasteiger charge is 2.32. The molecule has 118 valence electrons. The third-order valence-electron chi connectivity index (χ3n) is 4.08. The normalized spacial score (nSPS) is 19.0. The van der Waals surface area contributed by atoms with Crippen molar-refractivity contribution in [3.63, 3.8) is 0 Å². The molecular weight excluding hydrogens is 278 g/mol. The lowest BCUT2D eigenvalue weighted by Crippen LogP contribution is -2.48. The van der Waals surface area contributed by atoms with Crippen LogP contribution in [0.4, 0.5) is 0 Å².